The number of aromatic nitrogens is 2. The first-order valence-electron chi connectivity index (χ1n) is 8.46. The van der Waals surface area contributed by atoms with Gasteiger partial charge in [0.2, 0.25) is 0 Å². The highest BCUT2D eigenvalue weighted by molar-refractivity contribution is 6.34. The fourth-order valence-corrected chi connectivity index (χ4v) is 2.80. The molecule has 0 radical (unpaired) electrons. The zero-order valence-electron chi connectivity index (χ0n) is 14.8. The summed E-state index contributed by atoms with van der Waals surface area (Å²) in [5.41, 5.74) is 1.74. The zero-order chi connectivity index (χ0) is 19.2. The summed E-state index contributed by atoms with van der Waals surface area (Å²) in [6.07, 6.45) is 0.732. The van der Waals surface area contributed by atoms with Crippen LogP contribution in [-0.4, -0.2) is 28.1 Å². The van der Waals surface area contributed by atoms with E-state index in [1.165, 1.54) is 10.7 Å². The Hall–Kier alpha value is -3.12. The Morgan fingerprint density at radius 1 is 1.04 bits per heavy atom. The number of nitrogens with zero attached hydrogens (tertiary/aromatic N) is 2. The quantitative estimate of drug-likeness (QED) is 0.686. The lowest BCUT2D eigenvalue weighted by Crippen LogP contribution is -2.26. The number of hydrogen-bond donors (Lipinski definition) is 2. The Labute approximate surface area is 162 Å². The highest BCUT2D eigenvalue weighted by atomic mass is 35.5. The number of benzene rings is 2. The van der Waals surface area contributed by atoms with Gasteiger partial charge in [0.05, 0.1) is 10.6 Å². The Morgan fingerprint density at radius 2 is 1.74 bits per heavy atom. The van der Waals surface area contributed by atoms with E-state index in [4.69, 9.17) is 11.6 Å². The van der Waals surface area contributed by atoms with Gasteiger partial charge in [0, 0.05) is 19.7 Å². The van der Waals surface area contributed by atoms with Crippen molar-refractivity contribution in [3.63, 3.8) is 0 Å². The highest BCUT2D eigenvalue weighted by Crippen LogP contribution is 2.17. The van der Waals surface area contributed by atoms with Crippen LogP contribution < -0.4 is 10.6 Å². The third kappa shape index (κ3) is 4.74. The van der Waals surface area contributed by atoms with E-state index in [0.29, 0.717) is 22.9 Å². The van der Waals surface area contributed by atoms with Crippen molar-refractivity contribution < 1.29 is 9.59 Å². The van der Waals surface area contributed by atoms with Gasteiger partial charge in [-0.05, 0) is 24.1 Å². The summed E-state index contributed by atoms with van der Waals surface area (Å²) in [5, 5.41) is 10.1. The normalized spacial score (nSPS) is 10.4. The number of hydrogen-bond acceptors (Lipinski definition) is 3. The maximum absolute atomic E-state index is 12.4. The zero-order valence-corrected chi connectivity index (χ0v) is 15.5. The molecule has 2 N–H and O–H groups in total. The van der Waals surface area contributed by atoms with Gasteiger partial charge < -0.3 is 10.6 Å². The number of nitrogens with one attached hydrogen (secondary N) is 2. The van der Waals surface area contributed by atoms with Crippen molar-refractivity contribution in [3.05, 3.63) is 82.5 Å². The first-order valence-corrected chi connectivity index (χ1v) is 8.84. The monoisotopic (exact) mass is 382 g/mol. The van der Waals surface area contributed by atoms with Crippen LogP contribution in [0.5, 0.6) is 0 Å². The molecule has 7 heteroatoms. The number of anilines is 1. The van der Waals surface area contributed by atoms with Crippen LogP contribution in [0.1, 0.15) is 26.4 Å². The first-order chi connectivity index (χ1) is 13.0. The SMILES string of the molecule is Cn1nc(C(=O)NCCc2ccccc2)cc1NC(=O)c1ccccc1Cl. The van der Waals surface area contributed by atoms with Gasteiger partial charge >= 0.3 is 0 Å². The van der Waals surface area contributed by atoms with Crippen LogP contribution in [-0.2, 0) is 13.5 Å². The van der Waals surface area contributed by atoms with E-state index < -0.39 is 0 Å². The van der Waals surface area contributed by atoms with Gasteiger partial charge in [-0.1, -0.05) is 54.1 Å². The molecule has 138 valence electrons. The second-order valence-electron chi connectivity index (χ2n) is 5.96. The number of halogens is 1. The molecular formula is C20H19ClN4O2. The average Bonchev–Trinajstić information content (AvgIpc) is 3.03. The van der Waals surface area contributed by atoms with Crippen molar-refractivity contribution in [2.45, 2.75) is 6.42 Å². The molecule has 0 aliphatic rings. The molecule has 27 heavy (non-hydrogen) atoms. The molecule has 0 aliphatic carbocycles. The fourth-order valence-electron chi connectivity index (χ4n) is 2.58. The third-order valence-electron chi connectivity index (χ3n) is 4.01. The molecule has 0 saturated carbocycles. The van der Waals surface area contributed by atoms with E-state index in [2.05, 4.69) is 15.7 Å². The van der Waals surface area contributed by atoms with Gasteiger partial charge in [-0.15, -0.1) is 0 Å². The third-order valence-corrected chi connectivity index (χ3v) is 4.34. The molecule has 0 saturated heterocycles. The van der Waals surface area contributed by atoms with Gasteiger partial charge in [-0.3, -0.25) is 14.3 Å². The molecular weight excluding hydrogens is 364 g/mol. The molecule has 1 heterocycles. The number of amides is 2. The van der Waals surface area contributed by atoms with Crippen LogP contribution >= 0.6 is 11.6 Å². The second-order valence-corrected chi connectivity index (χ2v) is 6.37. The molecule has 6 nitrogen and oxygen atoms in total. The number of aryl methyl sites for hydroxylation is 1. The van der Waals surface area contributed by atoms with Gasteiger partial charge in [-0.2, -0.15) is 5.10 Å². The Balaban J connectivity index is 1.61. The van der Waals surface area contributed by atoms with E-state index in [-0.39, 0.29) is 17.5 Å². The lowest BCUT2D eigenvalue weighted by Gasteiger charge is -2.06. The predicted molar refractivity (Wildman–Crippen MR) is 105 cm³/mol. The molecule has 0 atom stereocenters. The lowest BCUT2D eigenvalue weighted by atomic mass is 10.1. The van der Waals surface area contributed by atoms with Crippen LogP contribution in [0.15, 0.2) is 60.7 Å². The summed E-state index contributed by atoms with van der Waals surface area (Å²) in [5.74, 6) is -0.243. The first kappa shape index (κ1) is 18.7. The summed E-state index contributed by atoms with van der Waals surface area (Å²) in [7, 11) is 1.66. The van der Waals surface area contributed by atoms with Crippen LogP contribution in [0.2, 0.25) is 5.02 Å². The van der Waals surface area contributed by atoms with Crippen LogP contribution in [0.4, 0.5) is 5.82 Å². The van der Waals surface area contributed by atoms with E-state index >= 15 is 0 Å². The van der Waals surface area contributed by atoms with Crippen molar-refractivity contribution in [1.82, 2.24) is 15.1 Å². The van der Waals surface area contributed by atoms with Gasteiger partial charge in [0.1, 0.15) is 5.82 Å². The summed E-state index contributed by atoms with van der Waals surface area (Å²) in [4.78, 5) is 24.6. The largest absolute Gasteiger partial charge is 0.350 e. The lowest BCUT2D eigenvalue weighted by molar-refractivity contribution is 0.0947. The van der Waals surface area contributed by atoms with Gasteiger partial charge in [0.25, 0.3) is 11.8 Å². The van der Waals surface area contributed by atoms with E-state index in [1.54, 1.807) is 31.3 Å². The molecule has 3 rings (SSSR count). The number of carbonyl (C=O) groups is 2. The standard InChI is InChI=1S/C20H19ClN4O2/c1-25-18(23-19(26)15-9-5-6-10-16(15)21)13-17(24-25)20(27)22-12-11-14-7-3-2-4-8-14/h2-10,13H,11-12H2,1H3,(H,22,27)(H,23,26). The average molecular weight is 383 g/mol. The fraction of sp³-hybridized carbons (Fsp3) is 0.150. The molecule has 0 spiro atoms. The summed E-state index contributed by atoms with van der Waals surface area (Å²) >= 11 is 6.04. The maximum Gasteiger partial charge on any atom is 0.271 e. The van der Waals surface area contributed by atoms with Crippen molar-refractivity contribution in [2.75, 3.05) is 11.9 Å². The van der Waals surface area contributed by atoms with E-state index in [9.17, 15) is 9.59 Å². The minimum Gasteiger partial charge on any atom is -0.350 e. The van der Waals surface area contributed by atoms with E-state index in [0.717, 1.165) is 12.0 Å². The molecule has 0 fully saturated rings. The van der Waals surface area contributed by atoms with Crippen molar-refractivity contribution in [2.24, 2.45) is 7.05 Å². The highest BCUT2D eigenvalue weighted by Gasteiger charge is 2.16. The molecule has 1 aromatic heterocycles. The maximum atomic E-state index is 12.4. The minimum absolute atomic E-state index is 0.236. The minimum atomic E-state index is -0.361. The smallest absolute Gasteiger partial charge is 0.271 e. The predicted octanol–water partition coefficient (Wildman–Crippen LogP) is 3.30. The molecule has 2 aromatic carbocycles. The van der Waals surface area contributed by atoms with E-state index in [1.807, 2.05) is 30.3 Å². The van der Waals surface area contributed by atoms with Crippen LogP contribution in [0.3, 0.4) is 0 Å². The molecule has 0 aliphatic heterocycles. The molecule has 3 aromatic rings. The summed E-state index contributed by atoms with van der Waals surface area (Å²) in [6, 6.07) is 18.2. The Morgan fingerprint density at radius 3 is 2.48 bits per heavy atom. The summed E-state index contributed by atoms with van der Waals surface area (Å²) < 4.78 is 1.45. The molecule has 0 bridgehead atoms. The van der Waals surface area contributed by atoms with Crippen LogP contribution in [0.25, 0.3) is 0 Å². The number of carbonyl (C=O) groups excluding carboxylic acids is 2. The Kier molecular flexibility index (Phi) is 5.88. The van der Waals surface area contributed by atoms with Crippen molar-refractivity contribution in [3.8, 4) is 0 Å². The molecule has 0 unspecified atom stereocenters. The van der Waals surface area contributed by atoms with Crippen molar-refractivity contribution >= 4 is 29.2 Å². The van der Waals surface area contributed by atoms with Crippen LogP contribution in [0, 0.1) is 0 Å². The van der Waals surface area contributed by atoms with Gasteiger partial charge in [0.15, 0.2) is 5.69 Å². The number of rotatable bonds is 6. The Bertz CT molecular complexity index is 954. The molecule has 2 amide bonds. The topological polar surface area (TPSA) is 76.0 Å². The second kappa shape index (κ2) is 8.51. The summed E-state index contributed by atoms with van der Waals surface area (Å²) in [6.45, 7) is 0.501. The van der Waals surface area contributed by atoms with Gasteiger partial charge in [-0.25, -0.2) is 0 Å². The van der Waals surface area contributed by atoms with Crippen molar-refractivity contribution in [1.29, 1.82) is 0 Å².